The summed E-state index contributed by atoms with van der Waals surface area (Å²) in [6, 6.07) is 0. The van der Waals surface area contributed by atoms with Crippen LogP contribution >= 0.6 is 22.7 Å². The molecule has 0 bridgehead atoms. The van der Waals surface area contributed by atoms with Gasteiger partial charge in [0, 0.05) is 21.5 Å². The van der Waals surface area contributed by atoms with E-state index in [1.165, 1.54) is 0 Å². The molecule has 0 atom stereocenters. The molecule has 0 saturated heterocycles. The summed E-state index contributed by atoms with van der Waals surface area (Å²) in [6.07, 6.45) is 0. The molecule has 2 aliphatic heterocycles. The third-order valence-electron chi connectivity index (χ3n) is 3.32. The van der Waals surface area contributed by atoms with E-state index in [1.54, 1.807) is 22.7 Å². The maximum absolute atomic E-state index is 5.84. The molecule has 2 aromatic rings. The van der Waals surface area contributed by atoms with Gasteiger partial charge in [0.15, 0.2) is 23.0 Å². The number of rotatable bonds is 0. The molecule has 0 saturated carbocycles. The van der Waals surface area contributed by atoms with E-state index in [0.717, 1.165) is 23.0 Å². The fourth-order valence-corrected chi connectivity index (χ4v) is 3.51. The highest BCUT2D eigenvalue weighted by atomic mass is 32.1. The molecule has 4 rings (SSSR count). The fourth-order valence-electron chi connectivity index (χ4n) is 2.14. The van der Waals surface area contributed by atoms with E-state index in [9.17, 15) is 0 Å². The summed E-state index contributed by atoms with van der Waals surface area (Å²) in [7, 11) is 0. The van der Waals surface area contributed by atoms with Crippen LogP contribution in [0.2, 0.25) is 0 Å². The average Bonchev–Trinajstić information content (AvgIpc) is 3.00. The Kier molecular flexibility index (Phi) is 2.60. The molecule has 0 radical (unpaired) electrons. The molecule has 6 heteroatoms. The van der Waals surface area contributed by atoms with Gasteiger partial charge in [0.2, 0.25) is 0 Å². The zero-order valence-electron chi connectivity index (χ0n) is 10.1. The average molecular weight is 296 g/mol. The first kappa shape index (κ1) is 11.4. The van der Waals surface area contributed by atoms with Crippen LogP contribution < -0.4 is 18.9 Å². The second kappa shape index (κ2) is 4.31. The van der Waals surface area contributed by atoms with Gasteiger partial charge in [-0.05, 0) is 0 Å². The maximum Gasteiger partial charge on any atom is 0.171 e. The number of ether oxygens (including phenoxy) is 4. The highest BCUT2D eigenvalue weighted by Crippen LogP contribution is 2.41. The van der Waals surface area contributed by atoms with Crippen molar-refractivity contribution in [2.75, 3.05) is 26.4 Å². The number of hydrogen-bond acceptors (Lipinski definition) is 6. The summed E-state index contributed by atoms with van der Waals surface area (Å²) in [5.41, 5.74) is -0.257. The largest absolute Gasteiger partial charge is 0.488 e. The Hall–Kier alpha value is -1.40. The molecule has 2 aromatic heterocycles. The van der Waals surface area contributed by atoms with E-state index in [1.807, 2.05) is 21.5 Å². The molecule has 4 heterocycles. The molecule has 1 spiro atoms. The molecule has 4 nitrogen and oxygen atoms in total. The lowest BCUT2D eigenvalue weighted by atomic mass is 9.92. The van der Waals surface area contributed by atoms with Crippen LogP contribution in [0.4, 0.5) is 0 Å². The number of thiophene rings is 2. The second-order valence-electron chi connectivity index (χ2n) is 4.86. The highest BCUT2D eigenvalue weighted by Gasteiger charge is 2.39. The third-order valence-corrected chi connectivity index (χ3v) is 4.72. The zero-order chi connectivity index (χ0) is 12.7. The Morgan fingerprint density at radius 1 is 0.632 bits per heavy atom. The van der Waals surface area contributed by atoms with Gasteiger partial charge in [0.05, 0.1) is 0 Å². The van der Waals surface area contributed by atoms with Crippen LogP contribution in [0.15, 0.2) is 21.5 Å². The van der Waals surface area contributed by atoms with Gasteiger partial charge in [-0.3, -0.25) is 0 Å². The minimum atomic E-state index is -0.257. The lowest BCUT2D eigenvalue weighted by molar-refractivity contribution is 0.0238. The Balaban J connectivity index is 1.56. The molecule has 0 N–H and O–H groups in total. The topological polar surface area (TPSA) is 36.9 Å². The zero-order valence-corrected chi connectivity index (χ0v) is 11.7. The van der Waals surface area contributed by atoms with Crippen molar-refractivity contribution in [2.24, 2.45) is 5.41 Å². The standard InChI is InChI=1S/C13H12O4S2/c1-9-10(2-18-1)15-6-13(5-14-9)7-16-11-3-19-4-12(11)17-8-13/h1-4H,5-8H2. The van der Waals surface area contributed by atoms with Gasteiger partial charge in [-0.1, -0.05) is 0 Å². The van der Waals surface area contributed by atoms with Gasteiger partial charge in [-0.25, -0.2) is 0 Å². The summed E-state index contributed by atoms with van der Waals surface area (Å²) in [5.74, 6) is 3.28. The van der Waals surface area contributed by atoms with Crippen molar-refractivity contribution in [1.82, 2.24) is 0 Å². The minimum Gasteiger partial charge on any atom is -0.488 e. The van der Waals surface area contributed by atoms with Crippen molar-refractivity contribution >= 4 is 22.7 Å². The molecule has 19 heavy (non-hydrogen) atoms. The monoisotopic (exact) mass is 296 g/mol. The Morgan fingerprint density at radius 3 is 1.26 bits per heavy atom. The second-order valence-corrected chi connectivity index (χ2v) is 6.34. The molecule has 2 aliphatic rings. The minimum absolute atomic E-state index is 0.257. The Morgan fingerprint density at radius 2 is 0.947 bits per heavy atom. The first-order chi connectivity index (χ1) is 9.35. The summed E-state index contributed by atoms with van der Waals surface area (Å²) in [4.78, 5) is 0. The molecule has 0 aromatic carbocycles. The molecule has 0 aliphatic carbocycles. The highest BCUT2D eigenvalue weighted by molar-refractivity contribution is 7.08. The van der Waals surface area contributed by atoms with Gasteiger partial charge < -0.3 is 18.9 Å². The van der Waals surface area contributed by atoms with Crippen molar-refractivity contribution in [3.05, 3.63) is 21.5 Å². The quantitative estimate of drug-likeness (QED) is 0.749. The molecule has 0 fully saturated rings. The van der Waals surface area contributed by atoms with Crippen molar-refractivity contribution in [3.63, 3.8) is 0 Å². The summed E-state index contributed by atoms with van der Waals surface area (Å²) < 4.78 is 23.4. The lowest BCUT2D eigenvalue weighted by Crippen LogP contribution is -2.43. The third kappa shape index (κ3) is 1.95. The van der Waals surface area contributed by atoms with Gasteiger partial charge in [-0.15, -0.1) is 22.7 Å². The van der Waals surface area contributed by atoms with Crippen LogP contribution in [0, 0.1) is 5.41 Å². The first-order valence-corrected chi connectivity index (χ1v) is 7.87. The normalized spacial score (nSPS) is 19.8. The molecule has 0 unspecified atom stereocenters. The van der Waals surface area contributed by atoms with E-state index in [-0.39, 0.29) is 5.41 Å². The Labute approximate surface area is 118 Å². The van der Waals surface area contributed by atoms with Crippen LogP contribution in [0.1, 0.15) is 0 Å². The van der Waals surface area contributed by atoms with Gasteiger partial charge in [-0.2, -0.15) is 0 Å². The Bertz CT molecular complexity index is 488. The number of hydrogen-bond donors (Lipinski definition) is 0. The van der Waals surface area contributed by atoms with Crippen molar-refractivity contribution < 1.29 is 18.9 Å². The number of fused-ring (bicyclic) bond motifs is 2. The fraction of sp³-hybridized carbons (Fsp3) is 0.385. The molecular weight excluding hydrogens is 284 g/mol. The van der Waals surface area contributed by atoms with Crippen LogP contribution in [0.5, 0.6) is 23.0 Å². The van der Waals surface area contributed by atoms with Crippen molar-refractivity contribution in [2.45, 2.75) is 0 Å². The summed E-state index contributed by atoms with van der Waals surface area (Å²) in [6.45, 7) is 2.18. The maximum atomic E-state index is 5.84. The van der Waals surface area contributed by atoms with E-state index >= 15 is 0 Å². The predicted molar refractivity (Wildman–Crippen MR) is 73.1 cm³/mol. The SMILES string of the molecule is c1scc2c1OCC1(CO2)COc2cscc2OC1. The summed E-state index contributed by atoms with van der Waals surface area (Å²) >= 11 is 3.17. The predicted octanol–water partition coefficient (Wildman–Crippen LogP) is 3.04. The molecule has 100 valence electrons. The van der Waals surface area contributed by atoms with Crippen molar-refractivity contribution in [1.29, 1.82) is 0 Å². The van der Waals surface area contributed by atoms with E-state index in [0.29, 0.717) is 26.4 Å². The van der Waals surface area contributed by atoms with Gasteiger partial charge >= 0.3 is 0 Å². The van der Waals surface area contributed by atoms with E-state index in [2.05, 4.69) is 0 Å². The van der Waals surface area contributed by atoms with E-state index in [4.69, 9.17) is 18.9 Å². The van der Waals surface area contributed by atoms with Crippen LogP contribution in [-0.4, -0.2) is 26.4 Å². The van der Waals surface area contributed by atoms with Crippen LogP contribution in [0.25, 0.3) is 0 Å². The lowest BCUT2D eigenvalue weighted by Gasteiger charge is -2.27. The molecular formula is C13H12O4S2. The molecule has 0 amide bonds. The summed E-state index contributed by atoms with van der Waals surface area (Å²) in [5, 5.41) is 7.85. The van der Waals surface area contributed by atoms with E-state index < -0.39 is 0 Å². The first-order valence-electron chi connectivity index (χ1n) is 5.98. The van der Waals surface area contributed by atoms with Gasteiger partial charge in [0.1, 0.15) is 31.8 Å². The van der Waals surface area contributed by atoms with Gasteiger partial charge in [0.25, 0.3) is 0 Å². The van der Waals surface area contributed by atoms with Crippen LogP contribution in [-0.2, 0) is 0 Å². The van der Waals surface area contributed by atoms with Crippen molar-refractivity contribution in [3.8, 4) is 23.0 Å². The smallest absolute Gasteiger partial charge is 0.171 e. The van der Waals surface area contributed by atoms with Crippen LogP contribution in [0.3, 0.4) is 0 Å².